The van der Waals surface area contributed by atoms with Gasteiger partial charge in [0.2, 0.25) is 0 Å². The van der Waals surface area contributed by atoms with E-state index in [1.807, 2.05) is 7.05 Å². The predicted octanol–water partition coefficient (Wildman–Crippen LogP) is -0.747. The molecule has 1 aliphatic rings. The molecule has 0 aromatic rings. The Labute approximate surface area is 82.2 Å². The molecule has 0 radical (unpaired) electrons. The van der Waals surface area contributed by atoms with Gasteiger partial charge in [-0.25, -0.2) is 0 Å². The van der Waals surface area contributed by atoms with Gasteiger partial charge in [0.25, 0.3) is 0 Å². The van der Waals surface area contributed by atoms with Crippen molar-refractivity contribution >= 4 is 12.2 Å². The standard InChI is InChI=1S/C8H14N4O2/c1-10-12(2)6(3-4-11-12)5-7(9)8(13)14/h3-4,7,10H,5,9H2,1-2H3/p+1. The number of rotatable bonds is 4. The Morgan fingerprint density at radius 2 is 2.50 bits per heavy atom. The van der Waals surface area contributed by atoms with Gasteiger partial charge in [-0.1, -0.05) is 9.80 Å². The van der Waals surface area contributed by atoms with Crippen molar-refractivity contribution in [3.63, 3.8) is 0 Å². The van der Waals surface area contributed by atoms with E-state index in [4.69, 9.17) is 10.8 Å². The average Bonchev–Trinajstić information content (AvgIpc) is 2.49. The van der Waals surface area contributed by atoms with E-state index in [2.05, 4.69) is 10.5 Å². The van der Waals surface area contributed by atoms with Crippen LogP contribution in [-0.4, -0.2) is 42.1 Å². The molecule has 0 amide bonds. The highest BCUT2D eigenvalue weighted by atomic mass is 16.4. The second-order valence-electron chi connectivity index (χ2n) is 3.25. The maximum absolute atomic E-state index is 10.6. The molecule has 0 aromatic carbocycles. The normalized spacial score (nSPS) is 27.5. The SMILES string of the molecule is CN[N+]1(C)N=CC=C1CC(N)C(=O)O. The third-order valence-corrected chi connectivity index (χ3v) is 2.31. The molecule has 2 atom stereocenters. The van der Waals surface area contributed by atoms with E-state index in [9.17, 15) is 4.79 Å². The number of quaternary nitrogens is 1. The van der Waals surface area contributed by atoms with Gasteiger partial charge in [-0.15, -0.1) is 5.43 Å². The Hall–Kier alpha value is -1.24. The summed E-state index contributed by atoms with van der Waals surface area (Å²) in [6.45, 7) is 0. The molecule has 2 unspecified atom stereocenters. The molecule has 0 saturated heterocycles. The Bertz CT molecular complexity index is 300. The van der Waals surface area contributed by atoms with E-state index in [1.165, 1.54) is 0 Å². The number of nitrogens with zero attached hydrogens (tertiary/aromatic N) is 2. The smallest absolute Gasteiger partial charge is 0.321 e. The minimum atomic E-state index is -1.000. The topological polar surface area (TPSA) is 87.7 Å². The van der Waals surface area contributed by atoms with Gasteiger partial charge in [0.15, 0.2) is 5.70 Å². The predicted molar refractivity (Wildman–Crippen MR) is 52.0 cm³/mol. The second-order valence-corrected chi connectivity index (χ2v) is 3.25. The highest BCUT2D eigenvalue weighted by Crippen LogP contribution is 2.20. The molecular formula is C8H15N4O2+. The summed E-state index contributed by atoms with van der Waals surface area (Å²) in [5, 5.41) is 12.8. The molecule has 1 rings (SSSR count). The maximum atomic E-state index is 10.6. The first-order chi connectivity index (χ1) is 6.49. The highest BCUT2D eigenvalue weighted by Gasteiger charge is 2.32. The zero-order valence-corrected chi connectivity index (χ0v) is 8.27. The lowest BCUT2D eigenvalue weighted by Crippen LogP contribution is -2.47. The van der Waals surface area contributed by atoms with Crippen molar-refractivity contribution in [2.24, 2.45) is 10.8 Å². The van der Waals surface area contributed by atoms with Crippen molar-refractivity contribution in [2.45, 2.75) is 12.5 Å². The molecule has 0 saturated carbocycles. The van der Waals surface area contributed by atoms with Crippen LogP contribution in [0.25, 0.3) is 0 Å². The van der Waals surface area contributed by atoms with Crippen molar-refractivity contribution in [1.82, 2.24) is 5.43 Å². The van der Waals surface area contributed by atoms with Gasteiger partial charge in [-0.2, -0.15) is 0 Å². The van der Waals surface area contributed by atoms with Crippen LogP contribution in [0, 0.1) is 0 Å². The summed E-state index contributed by atoms with van der Waals surface area (Å²) in [4.78, 5) is 10.6. The van der Waals surface area contributed by atoms with E-state index in [0.717, 1.165) is 5.70 Å². The Kier molecular flexibility index (Phi) is 3.00. The monoisotopic (exact) mass is 199 g/mol. The zero-order valence-electron chi connectivity index (χ0n) is 8.27. The third kappa shape index (κ3) is 1.98. The fourth-order valence-corrected chi connectivity index (χ4v) is 1.23. The van der Waals surface area contributed by atoms with Crippen LogP contribution < -0.4 is 11.2 Å². The molecule has 4 N–H and O–H groups in total. The van der Waals surface area contributed by atoms with Crippen LogP contribution in [0.2, 0.25) is 0 Å². The van der Waals surface area contributed by atoms with E-state index in [0.29, 0.717) is 0 Å². The number of carboxylic acids is 1. The van der Waals surface area contributed by atoms with Crippen LogP contribution in [0.3, 0.4) is 0 Å². The minimum Gasteiger partial charge on any atom is -0.480 e. The molecule has 78 valence electrons. The number of carboxylic acid groups (broad SMARTS) is 1. The molecule has 0 aromatic heterocycles. The Morgan fingerprint density at radius 1 is 1.86 bits per heavy atom. The molecule has 6 nitrogen and oxygen atoms in total. The van der Waals surface area contributed by atoms with E-state index in [1.54, 1.807) is 19.3 Å². The van der Waals surface area contributed by atoms with Gasteiger partial charge >= 0.3 is 5.97 Å². The summed E-state index contributed by atoms with van der Waals surface area (Å²) in [6.07, 6.45) is 3.70. The molecule has 1 aliphatic heterocycles. The Morgan fingerprint density at radius 3 is 3.00 bits per heavy atom. The molecule has 6 heteroatoms. The van der Waals surface area contributed by atoms with Crippen molar-refractivity contribution in [3.05, 3.63) is 11.8 Å². The summed E-state index contributed by atoms with van der Waals surface area (Å²) in [6, 6.07) is -0.881. The van der Waals surface area contributed by atoms with Crippen LogP contribution in [0.1, 0.15) is 6.42 Å². The minimum absolute atomic E-state index is 0.168. The zero-order chi connectivity index (χ0) is 10.8. The number of aliphatic carboxylic acids is 1. The molecule has 0 fully saturated rings. The van der Waals surface area contributed by atoms with Crippen LogP contribution in [0.15, 0.2) is 16.9 Å². The fraction of sp³-hybridized carbons (Fsp3) is 0.500. The van der Waals surface area contributed by atoms with E-state index < -0.39 is 12.0 Å². The lowest BCUT2D eigenvalue weighted by Gasteiger charge is -2.24. The summed E-state index contributed by atoms with van der Waals surface area (Å²) in [7, 11) is 3.58. The van der Waals surface area contributed by atoms with E-state index >= 15 is 0 Å². The van der Waals surface area contributed by atoms with Crippen molar-refractivity contribution in [2.75, 3.05) is 14.1 Å². The van der Waals surface area contributed by atoms with E-state index in [-0.39, 0.29) is 11.1 Å². The van der Waals surface area contributed by atoms with Gasteiger partial charge in [0.05, 0.1) is 12.6 Å². The number of nitrogens with one attached hydrogen (secondary N) is 1. The number of allylic oxidation sites excluding steroid dienone is 1. The summed E-state index contributed by atoms with van der Waals surface area (Å²) >= 11 is 0. The highest BCUT2D eigenvalue weighted by molar-refractivity contribution is 5.75. The number of nitrogens with two attached hydrogens (primary N) is 1. The first-order valence-corrected chi connectivity index (χ1v) is 4.29. The largest absolute Gasteiger partial charge is 0.480 e. The van der Waals surface area contributed by atoms with Crippen LogP contribution in [-0.2, 0) is 4.79 Å². The molecule has 0 bridgehead atoms. The second kappa shape index (κ2) is 3.87. The summed E-state index contributed by atoms with van der Waals surface area (Å²) in [5.74, 6) is -1.000. The molecule has 0 aliphatic carbocycles. The Balaban J connectivity index is 2.68. The van der Waals surface area contributed by atoms with Gasteiger partial charge in [-0.3, -0.25) is 4.79 Å². The first kappa shape index (κ1) is 10.8. The van der Waals surface area contributed by atoms with Gasteiger partial charge in [0.1, 0.15) is 13.1 Å². The lowest BCUT2D eigenvalue weighted by atomic mass is 10.1. The van der Waals surface area contributed by atoms with Crippen LogP contribution in [0.5, 0.6) is 0 Å². The molecule has 0 spiro atoms. The first-order valence-electron chi connectivity index (χ1n) is 4.29. The van der Waals surface area contributed by atoms with Gasteiger partial charge in [0, 0.05) is 13.1 Å². The van der Waals surface area contributed by atoms with Gasteiger partial charge < -0.3 is 10.8 Å². The number of hydrogen-bond acceptors (Lipinski definition) is 4. The summed E-state index contributed by atoms with van der Waals surface area (Å²) in [5.41, 5.74) is 9.23. The molecule has 1 heterocycles. The summed E-state index contributed by atoms with van der Waals surface area (Å²) < 4.78 is 0.168. The van der Waals surface area contributed by atoms with Crippen molar-refractivity contribution in [3.8, 4) is 0 Å². The fourth-order valence-electron chi connectivity index (χ4n) is 1.23. The quantitative estimate of drug-likeness (QED) is 0.520. The molecular weight excluding hydrogens is 184 g/mol. The maximum Gasteiger partial charge on any atom is 0.321 e. The lowest BCUT2D eigenvalue weighted by molar-refractivity contribution is -0.920. The van der Waals surface area contributed by atoms with Crippen LogP contribution in [0.4, 0.5) is 0 Å². The van der Waals surface area contributed by atoms with Crippen molar-refractivity contribution in [1.29, 1.82) is 0 Å². The molecule has 14 heavy (non-hydrogen) atoms. The van der Waals surface area contributed by atoms with Gasteiger partial charge in [-0.05, 0) is 0 Å². The number of hydrogen-bond donors (Lipinski definition) is 3. The average molecular weight is 199 g/mol. The van der Waals surface area contributed by atoms with Crippen molar-refractivity contribution < 1.29 is 14.6 Å². The third-order valence-electron chi connectivity index (χ3n) is 2.31. The van der Waals surface area contributed by atoms with Crippen LogP contribution >= 0.6 is 0 Å². The number of carbonyl (C=O) groups is 1.